The van der Waals surface area contributed by atoms with Crippen molar-refractivity contribution >= 4 is 9.04 Å². The first-order valence-corrected chi connectivity index (χ1v) is 4.98. The third kappa shape index (κ3) is 5.67. The van der Waals surface area contributed by atoms with Crippen molar-refractivity contribution in [3.63, 3.8) is 0 Å². The molecule has 8 heavy (non-hydrogen) atoms. The van der Waals surface area contributed by atoms with Gasteiger partial charge in [0, 0.05) is 6.61 Å². The summed E-state index contributed by atoms with van der Waals surface area (Å²) < 4.78 is 5.16. The molecular formula is C5H10NOSi. The second kappa shape index (κ2) is 4.82. The summed E-state index contributed by atoms with van der Waals surface area (Å²) >= 11 is 0. The Labute approximate surface area is 51.8 Å². The molecular weight excluding hydrogens is 118 g/mol. The Kier molecular flexibility index (Phi) is 4.62. The van der Waals surface area contributed by atoms with Gasteiger partial charge >= 0.3 is 0 Å². The molecule has 0 aromatic rings. The quantitative estimate of drug-likeness (QED) is 0.422. The van der Waals surface area contributed by atoms with E-state index in [1.807, 2.05) is 6.07 Å². The molecule has 1 radical (unpaired) electrons. The van der Waals surface area contributed by atoms with E-state index < -0.39 is 9.04 Å². The molecule has 0 aliphatic heterocycles. The van der Waals surface area contributed by atoms with Crippen molar-refractivity contribution in [1.29, 1.82) is 5.26 Å². The van der Waals surface area contributed by atoms with Gasteiger partial charge in [0.05, 0.1) is 12.5 Å². The maximum absolute atomic E-state index is 8.06. The van der Waals surface area contributed by atoms with Gasteiger partial charge in [-0.15, -0.1) is 0 Å². The molecule has 0 spiro atoms. The van der Waals surface area contributed by atoms with Gasteiger partial charge in [-0.2, -0.15) is 5.26 Å². The highest BCUT2D eigenvalue weighted by Crippen LogP contribution is 1.84. The Balaban J connectivity index is 2.85. The fraction of sp³-hybridized carbons (Fsp3) is 0.800. The molecule has 0 fully saturated rings. The minimum Gasteiger partial charge on any atom is -0.416 e. The third-order valence-electron chi connectivity index (χ3n) is 0.605. The van der Waals surface area contributed by atoms with Gasteiger partial charge in [-0.05, 0) is 13.1 Å². The molecule has 0 aromatic carbocycles. The van der Waals surface area contributed by atoms with Gasteiger partial charge in [0.2, 0.25) is 9.04 Å². The summed E-state index contributed by atoms with van der Waals surface area (Å²) in [6, 6.07) is 2.01. The van der Waals surface area contributed by atoms with Crippen molar-refractivity contribution in [2.45, 2.75) is 19.5 Å². The van der Waals surface area contributed by atoms with Crippen LogP contribution in [-0.4, -0.2) is 15.6 Å². The molecule has 0 rings (SSSR count). The molecule has 0 atom stereocenters. The van der Waals surface area contributed by atoms with Crippen LogP contribution in [0.25, 0.3) is 0 Å². The van der Waals surface area contributed by atoms with Crippen molar-refractivity contribution in [3.8, 4) is 6.07 Å². The van der Waals surface area contributed by atoms with Crippen LogP contribution < -0.4 is 0 Å². The van der Waals surface area contributed by atoms with Crippen LogP contribution >= 0.6 is 0 Å². The van der Waals surface area contributed by atoms with Crippen molar-refractivity contribution in [2.24, 2.45) is 0 Å². The van der Waals surface area contributed by atoms with Crippen LogP contribution in [-0.2, 0) is 4.43 Å². The molecule has 2 nitrogen and oxygen atoms in total. The summed E-state index contributed by atoms with van der Waals surface area (Å²) in [5.41, 5.74) is 0. The lowest BCUT2D eigenvalue weighted by molar-refractivity contribution is 0.336. The standard InChI is InChI=1S/C5H10NOSi/c1-8(2)7-5-3-4-6/h3,5H2,1-2H3. The average Bonchev–Trinajstić information content (AvgIpc) is 1.66. The lowest BCUT2D eigenvalue weighted by atomic mass is 10.5. The molecule has 0 saturated carbocycles. The second-order valence-electron chi connectivity index (χ2n) is 1.66. The first kappa shape index (κ1) is 7.67. The van der Waals surface area contributed by atoms with E-state index in [-0.39, 0.29) is 0 Å². The summed E-state index contributed by atoms with van der Waals surface area (Å²) in [5.74, 6) is 0. The fourth-order valence-electron chi connectivity index (χ4n) is 0.301. The van der Waals surface area contributed by atoms with E-state index in [4.69, 9.17) is 9.69 Å². The van der Waals surface area contributed by atoms with Crippen molar-refractivity contribution in [1.82, 2.24) is 0 Å². The zero-order valence-electron chi connectivity index (χ0n) is 5.27. The van der Waals surface area contributed by atoms with Crippen LogP contribution in [0.3, 0.4) is 0 Å². The van der Waals surface area contributed by atoms with E-state index in [1.54, 1.807) is 0 Å². The number of nitrogens with zero attached hydrogens (tertiary/aromatic N) is 1. The fourth-order valence-corrected chi connectivity index (χ4v) is 0.811. The Morgan fingerprint density at radius 3 is 2.62 bits per heavy atom. The van der Waals surface area contributed by atoms with E-state index in [0.717, 1.165) is 0 Å². The first-order chi connectivity index (χ1) is 3.77. The molecule has 0 aliphatic rings. The summed E-state index contributed by atoms with van der Waals surface area (Å²) in [7, 11) is -0.558. The highest BCUT2D eigenvalue weighted by molar-refractivity contribution is 6.48. The number of hydrogen-bond acceptors (Lipinski definition) is 2. The normalized spacial score (nSPS) is 9.25. The largest absolute Gasteiger partial charge is 0.416 e. The minimum atomic E-state index is -0.558. The lowest BCUT2D eigenvalue weighted by Gasteiger charge is -1.99. The molecule has 0 amide bonds. The Bertz CT molecular complexity index is 86.9. The molecule has 45 valence electrons. The van der Waals surface area contributed by atoms with Gasteiger partial charge in [0.25, 0.3) is 0 Å². The summed E-state index contributed by atoms with van der Waals surface area (Å²) in [4.78, 5) is 0. The molecule has 0 aliphatic carbocycles. The first-order valence-electron chi connectivity index (χ1n) is 2.57. The molecule has 0 heterocycles. The van der Waals surface area contributed by atoms with Crippen molar-refractivity contribution < 1.29 is 4.43 Å². The van der Waals surface area contributed by atoms with Gasteiger partial charge in [-0.3, -0.25) is 0 Å². The average molecular weight is 128 g/mol. The molecule has 0 aromatic heterocycles. The predicted molar refractivity (Wildman–Crippen MR) is 33.7 cm³/mol. The highest BCUT2D eigenvalue weighted by Gasteiger charge is 1.93. The van der Waals surface area contributed by atoms with Gasteiger partial charge in [-0.1, -0.05) is 0 Å². The Hall–Kier alpha value is -0.333. The second-order valence-corrected chi connectivity index (χ2v) is 3.77. The minimum absolute atomic E-state index is 0.524. The van der Waals surface area contributed by atoms with Crippen LogP contribution in [0.2, 0.25) is 13.1 Å². The number of rotatable bonds is 3. The number of nitriles is 1. The topological polar surface area (TPSA) is 33.0 Å². The maximum atomic E-state index is 8.06. The van der Waals surface area contributed by atoms with Crippen LogP contribution in [0.5, 0.6) is 0 Å². The SMILES string of the molecule is C[Si](C)OCCC#N. The molecule has 0 bridgehead atoms. The lowest BCUT2D eigenvalue weighted by Crippen LogP contribution is -2.07. The number of hydrogen-bond donors (Lipinski definition) is 0. The monoisotopic (exact) mass is 128 g/mol. The van der Waals surface area contributed by atoms with Crippen LogP contribution in [0, 0.1) is 11.3 Å². The van der Waals surface area contributed by atoms with Crippen LogP contribution in [0.4, 0.5) is 0 Å². The molecule has 0 saturated heterocycles. The van der Waals surface area contributed by atoms with Gasteiger partial charge in [0.1, 0.15) is 0 Å². The molecule has 3 heteroatoms. The Morgan fingerprint density at radius 2 is 2.25 bits per heavy atom. The summed E-state index contributed by atoms with van der Waals surface area (Å²) in [5, 5.41) is 8.06. The Morgan fingerprint density at radius 1 is 1.62 bits per heavy atom. The highest BCUT2D eigenvalue weighted by atomic mass is 28.3. The van der Waals surface area contributed by atoms with E-state index in [0.29, 0.717) is 13.0 Å². The van der Waals surface area contributed by atoms with Crippen molar-refractivity contribution in [3.05, 3.63) is 0 Å². The van der Waals surface area contributed by atoms with Gasteiger partial charge < -0.3 is 4.43 Å². The van der Waals surface area contributed by atoms with E-state index in [1.165, 1.54) is 0 Å². The smallest absolute Gasteiger partial charge is 0.204 e. The maximum Gasteiger partial charge on any atom is 0.204 e. The third-order valence-corrected chi connectivity index (χ3v) is 1.39. The molecule has 0 N–H and O–H groups in total. The van der Waals surface area contributed by atoms with Crippen molar-refractivity contribution in [2.75, 3.05) is 6.61 Å². The molecule has 0 unspecified atom stereocenters. The zero-order chi connectivity index (χ0) is 6.41. The van der Waals surface area contributed by atoms with Crippen LogP contribution in [0.15, 0.2) is 0 Å². The van der Waals surface area contributed by atoms with Gasteiger partial charge in [-0.25, -0.2) is 0 Å². The van der Waals surface area contributed by atoms with Crippen LogP contribution in [0.1, 0.15) is 6.42 Å². The van der Waals surface area contributed by atoms with E-state index >= 15 is 0 Å². The summed E-state index contributed by atoms with van der Waals surface area (Å²) in [6.07, 6.45) is 0.524. The van der Waals surface area contributed by atoms with Gasteiger partial charge in [0.15, 0.2) is 0 Å². The van der Waals surface area contributed by atoms with E-state index in [2.05, 4.69) is 13.1 Å². The predicted octanol–water partition coefficient (Wildman–Crippen LogP) is 1.17. The zero-order valence-corrected chi connectivity index (χ0v) is 6.27. The summed E-state index contributed by atoms with van der Waals surface area (Å²) in [6.45, 7) is 4.72. The van der Waals surface area contributed by atoms with E-state index in [9.17, 15) is 0 Å².